The Labute approximate surface area is 257 Å². The smallest absolute Gasteiger partial charge is 0.0414 e. The Morgan fingerprint density at radius 2 is 0.550 bits per heavy atom. The number of rotatable bonds is 27. The molecular weight excluding hydrogens is 543 g/mol. The van der Waals surface area contributed by atoms with Gasteiger partial charge in [0.2, 0.25) is 0 Å². The number of carboxylic acids is 3. The third kappa shape index (κ3) is 56.4. The van der Waals surface area contributed by atoms with Crippen molar-refractivity contribution >= 4 is 17.9 Å². The first-order valence-electron chi connectivity index (χ1n) is 15.2. The Kier molecular flexibility index (Phi) is 47.1. The van der Waals surface area contributed by atoms with Crippen molar-refractivity contribution < 1.29 is 48.3 Å². The normalized spacial score (nSPS) is 9.60. The van der Waals surface area contributed by atoms with Gasteiger partial charge in [-0.2, -0.15) is 0 Å². The van der Waals surface area contributed by atoms with Gasteiger partial charge in [0.15, 0.2) is 0 Å². The molecule has 0 saturated heterocycles. The zero-order valence-corrected chi connectivity index (χ0v) is 26.6. The van der Waals surface area contributed by atoms with Crippen LogP contribution in [0.2, 0.25) is 0 Å². The quantitative estimate of drug-likeness (QED) is 0.0827. The minimum Gasteiger partial charge on any atom is -0.550 e. The zero-order chi connectivity index (χ0) is 29.8. The van der Waals surface area contributed by atoms with Gasteiger partial charge in [-0.25, -0.2) is 0 Å². The summed E-state index contributed by atoms with van der Waals surface area (Å²) in [5.74, 6) is -2.77. The number of carbonyl (C=O) groups is 3. The fraction of sp³-hybridized carbons (Fsp3) is 0.727. The van der Waals surface area contributed by atoms with Gasteiger partial charge >= 0.3 is 0 Å². The Morgan fingerprint density at radius 3 is 0.725 bits per heavy atom. The molecule has 0 aliphatic heterocycles. The second-order valence-corrected chi connectivity index (χ2v) is 9.96. The molecule has 0 N–H and O–H groups in total. The Bertz CT molecular complexity index is 511. The minimum absolute atomic E-state index is 0. The molecule has 0 amide bonds. The van der Waals surface area contributed by atoms with E-state index in [1.54, 1.807) is 0 Å². The van der Waals surface area contributed by atoms with Gasteiger partial charge in [-0.05, 0) is 77.0 Å². The van der Waals surface area contributed by atoms with Gasteiger partial charge in [0.25, 0.3) is 0 Å². The molecule has 40 heavy (non-hydrogen) atoms. The average molecular weight is 601 g/mol. The van der Waals surface area contributed by atoms with Crippen LogP contribution in [0.1, 0.15) is 154 Å². The standard InChI is InChI=1S/3C11H20O2.V/c3*1-2-3-4-5-6-7-8-9-10-11(12)13;/h3*2H,1,3-10H2,(H,12,13);/p-3. The maximum absolute atomic E-state index is 10.1. The van der Waals surface area contributed by atoms with Crippen LogP contribution in [0.5, 0.6) is 0 Å². The van der Waals surface area contributed by atoms with Crippen LogP contribution in [0.15, 0.2) is 38.0 Å². The predicted octanol–water partition coefficient (Wildman–Crippen LogP) is 6.13. The Morgan fingerprint density at radius 1 is 0.375 bits per heavy atom. The maximum atomic E-state index is 10.1. The summed E-state index contributed by atoms with van der Waals surface area (Å²) < 4.78 is 0. The van der Waals surface area contributed by atoms with Gasteiger partial charge in [-0.3, -0.25) is 0 Å². The van der Waals surface area contributed by atoms with E-state index in [2.05, 4.69) is 19.7 Å². The second-order valence-electron chi connectivity index (χ2n) is 9.96. The fourth-order valence-electron chi connectivity index (χ4n) is 3.80. The van der Waals surface area contributed by atoms with E-state index in [0.717, 1.165) is 77.0 Å². The van der Waals surface area contributed by atoms with Crippen LogP contribution >= 0.6 is 0 Å². The molecule has 0 aliphatic rings. The molecule has 6 nitrogen and oxygen atoms in total. The molecule has 0 spiro atoms. The van der Waals surface area contributed by atoms with Crippen LogP contribution in [-0.2, 0) is 32.9 Å². The van der Waals surface area contributed by atoms with Crippen LogP contribution in [0.25, 0.3) is 0 Å². The zero-order valence-electron chi connectivity index (χ0n) is 25.2. The molecule has 0 heterocycles. The van der Waals surface area contributed by atoms with Crippen molar-refractivity contribution in [2.24, 2.45) is 0 Å². The van der Waals surface area contributed by atoms with Crippen molar-refractivity contribution in [3.63, 3.8) is 0 Å². The molecule has 0 fully saturated rings. The summed E-state index contributed by atoms with van der Waals surface area (Å²) in [6.45, 7) is 11.0. The molecular formula is C33H57O6V-3. The van der Waals surface area contributed by atoms with Gasteiger partial charge in [0, 0.05) is 36.5 Å². The SMILES string of the molecule is C=CCCCCCCCCC(=O)[O-].C=CCCCCCCCCC(=O)[O-].C=CCCCCCCCCC(=O)[O-].[V]. The largest absolute Gasteiger partial charge is 0.550 e. The topological polar surface area (TPSA) is 120 Å². The van der Waals surface area contributed by atoms with Crippen molar-refractivity contribution in [1.29, 1.82) is 0 Å². The molecule has 0 aromatic rings. The molecule has 233 valence electrons. The van der Waals surface area contributed by atoms with Crippen molar-refractivity contribution in [1.82, 2.24) is 0 Å². The third-order valence-corrected chi connectivity index (χ3v) is 6.12. The van der Waals surface area contributed by atoms with Crippen LogP contribution in [0.3, 0.4) is 0 Å². The summed E-state index contributed by atoms with van der Waals surface area (Å²) in [6.07, 6.45) is 29.5. The number of carbonyl (C=O) groups excluding carboxylic acids is 3. The summed E-state index contributed by atoms with van der Waals surface area (Å²) in [6, 6.07) is 0. The summed E-state index contributed by atoms with van der Waals surface area (Å²) in [5, 5.41) is 30.2. The summed E-state index contributed by atoms with van der Waals surface area (Å²) >= 11 is 0. The van der Waals surface area contributed by atoms with Crippen molar-refractivity contribution in [2.45, 2.75) is 154 Å². The molecule has 0 atom stereocenters. The number of hydrogen-bond acceptors (Lipinski definition) is 6. The Balaban J connectivity index is -0.000000240. The number of aliphatic carboxylic acids is 3. The molecule has 0 rings (SSSR count). The number of carboxylic acid groups (broad SMARTS) is 3. The van der Waals surface area contributed by atoms with E-state index in [4.69, 9.17) is 0 Å². The molecule has 0 aromatic heterocycles. The van der Waals surface area contributed by atoms with E-state index >= 15 is 0 Å². The molecule has 0 bridgehead atoms. The number of hydrogen-bond donors (Lipinski definition) is 0. The van der Waals surface area contributed by atoms with E-state index in [-0.39, 0.29) is 37.8 Å². The van der Waals surface area contributed by atoms with Crippen molar-refractivity contribution in [2.75, 3.05) is 0 Å². The molecule has 0 aliphatic carbocycles. The first kappa shape index (κ1) is 45.2. The van der Waals surface area contributed by atoms with Gasteiger partial charge in [0.1, 0.15) is 0 Å². The summed E-state index contributed by atoms with van der Waals surface area (Å²) in [5.41, 5.74) is 0. The summed E-state index contributed by atoms with van der Waals surface area (Å²) in [4.78, 5) is 30.2. The molecule has 0 saturated carbocycles. The third-order valence-electron chi connectivity index (χ3n) is 6.12. The van der Waals surface area contributed by atoms with Crippen molar-refractivity contribution in [3.05, 3.63) is 38.0 Å². The molecule has 0 aromatic carbocycles. The monoisotopic (exact) mass is 600 g/mol. The fourth-order valence-corrected chi connectivity index (χ4v) is 3.80. The minimum atomic E-state index is -0.924. The first-order chi connectivity index (χ1) is 18.8. The van der Waals surface area contributed by atoms with E-state index < -0.39 is 17.9 Å². The van der Waals surface area contributed by atoms with Gasteiger partial charge < -0.3 is 29.7 Å². The molecule has 1 radical (unpaired) electrons. The Hall–Kier alpha value is -1.79. The van der Waals surface area contributed by atoms with Crippen LogP contribution in [0.4, 0.5) is 0 Å². The first-order valence-corrected chi connectivity index (χ1v) is 15.2. The van der Waals surface area contributed by atoms with E-state index in [0.29, 0.717) is 0 Å². The van der Waals surface area contributed by atoms with Gasteiger partial charge in [-0.1, -0.05) is 95.3 Å². The number of unbranched alkanes of at least 4 members (excludes halogenated alkanes) is 18. The molecule has 7 heteroatoms. The predicted molar refractivity (Wildman–Crippen MR) is 156 cm³/mol. The summed E-state index contributed by atoms with van der Waals surface area (Å²) in [7, 11) is 0. The molecule has 0 unspecified atom stereocenters. The van der Waals surface area contributed by atoms with Crippen molar-refractivity contribution in [3.8, 4) is 0 Å². The van der Waals surface area contributed by atoms with Crippen LogP contribution < -0.4 is 15.3 Å². The van der Waals surface area contributed by atoms with E-state index in [9.17, 15) is 29.7 Å². The average Bonchev–Trinajstić information content (AvgIpc) is 2.89. The van der Waals surface area contributed by atoms with E-state index in [1.807, 2.05) is 18.2 Å². The maximum Gasteiger partial charge on any atom is 0.0414 e. The van der Waals surface area contributed by atoms with Crippen LogP contribution in [-0.4, -0.2) is 17.9 Å². The van der Waals surface area contributed by atoms with Gasteiger partial charge in [-0.15, -0.1) is 19.7 Å². The van der Waals surface area contributed by atoms with E-state index in [1.165, 1.54) is 57.8 Å². The van der Waals surface area contributed by atoms with Crippen LogP contribution in [0, 0.1) is 0 Å². The number of allylic oxidation sites excluding steroid dienone is 3. The second kappa shape index (κ2) is 41.7. The van der Waals surface area contributed by atoms with Gasteiger partial charge in [0.05, 0.1) is 0 Å².